The Morgan fingerprint density at radius 3 is 1.75 bits per heavy atom. The molecule has 1 amide bonds. The molecule has 1 N–H and O–H groups in total. The third-order valence-corrected chi connectivity index (χ3v) is 2.83. The molecule has 0 aromatic heterocycles. The number of carbonyl (C=O) groups is 1. The van der Waals surface area contributed by atoms with Crippen LogP contribution in [0.3, 0.4) is 0 Å². The Hall–Kier alpha value is -3.50. The van der Waals surface area contributed by atoms with Gasteiger partial charge in [0.25, 0.3) is 17.3 Å². The largest absolute Gasteiger partial charge is 0.317 e. The first-order valence-electron chi connectivity index (χ1n) is 6.09. The van der Waals surface area contributed by atoms with Crippen LogP contribution in [0.2, 0.25) is 0 Å². The van der Waals surface area contributed by atoms with E-state index in [0.717, 1.165) is 0 Å². The zero-order chi connectivity index (χ0) is 18.0. The van der Waals surface area contributed by atoms with Gasteiger partial charge in [0, 0.05) is 24.3 Å². The van der Waals surface area contributed by atoms with Gasteiger partial charge < -0.3 is 5.32 Å². The molecule has 124 valence electrons. The minimum absolute atomic E-state index is 0.314. The summed E-state index contributed by atoms with van der Waals surface area (Å²) in [4.78, 5) is 31.5. The summed E-state index contributed by atoms with van der Waals surface area (Å²) in [5.74, 6) is -5.29. The summed E-state index contributed by atoms with van der Waals surface area (Å²) in [6.45, 7) is 0. The van der Waals surface area contributed by atoms with Crippen LogP contribution in [0.25, 0.3) is 0 Å². The maximum absolute atomic E-state index is 13.5. The van der Waals surface area contributed by atoms with Crippen LogP contribution in [-0.4, -0.2) is 15.8 Å². The molecule has 8 nitrogen and oxygen atoms in total. The zero-order valence-electron chi connectivity index (χ0n) is 11.5. The first-order chi connectivity index (χ1) is 11.2. The molecule has 0 aliphatic rings. The molecule has 0 heterocycles. The lowest BCUT2D eigenvalue weighted by atomic mass is 10.1. The maximum atomic E-state index is 13.5. The van der Waals surface area contributed by atoms with Gasteiger partial charge in [0.2, 0.25) is 0 Å². The highest BCUT2D eigenvalue weighted by Crippen LogP contribution is 2.25. The van der Waals surface area contributed by atoms with Gasteiger partial charge in [-0.25, -0.2) is 13.2 Å². The van der Waals surface area contributed by atoms with Crippen LogP contribution in [0.4, 0.5) is 30.2 Å². The topological polar surface area (TPSA) is 115 Å². The predicted octanol–water partition coefficient (Wildman–Crippen LogP) is 3.17. The van der Waals surface area contributed by atoms with Gasteiger partial charge in [0.05, 0.1) is 21.5 Å². The quantitative estimate of drug-likeness (QED) is 0.677. The lowest BCUT2D eigenvalue weighted by Gasteiger charge is -2.08. The predicted molar refractivity (Wildman–Crippen MR) is 74.0 cm³/mol. The Bertz CT molecular complexity index is 817. The molecule has 0 unspecified atom stereocenters. The fourth-order valence-electron chi connectivity index (χ4n) is 1.78. The van der Waals surface area contributed by atoms with Crippen molar-refractivity contribution in [3.63, 3.8) is 0 Å². The molecule has 0 atom stereocenters. The molecule has 0 bridgehead atoms. The number of benzene rings is 2. The Kier molecular flexibility index (Phi) is 4.44. The molecule has 0 aliphatic carbocycles. The lowest BCUT2D eigenvalue weighted by Crippen LogP contribution is -2.15. The number of hydrogen-bond donors (Lipinski definition) is 1. The van der Waals surface area contributed by atoms with Crippen LogP contribution in [0.1, 0.15) is 10.4 Å². The summed E-state index contributed by atoms with van der Waals surface area (Å²) < 4.78 is 39.8. The molecule has 0 saturated heterocycles. The van der Waals surface area contributed by atoms with Crippen LogP contribution in [0.15, 0.2) is 30.3 Å². The molecule has 2 rings (SSSR count). The first kappa shape index (κ1) is 16.9. The first-order valence-corrected chi connectivity index (χ1v) is 6.09. The van der Waals surface area contributed by atoms with Gasteiger partial charge in [-0.3, -0.25) is 25.0 Å². The summed E-state index contributed by atoms with van der Waals surface area (Å²) in [7, 11) is 0. The van der Waals surface area contributed by atoms with Crippen molar-refractivity contribution in [2.45, 2.75) is 0 Å². The van der Waals surface area contributed by atoms with Crippen LogP contribution in [-0.2, 0) is 0 Å². The Morgan fingerprint density at radius 1 is 0.875 bits per heavy atom. The number of nitro benzene ring substituents is 2. The van der Waals surface area contributed by atoms with Crippen molar-refractivity contribution in [2.24, 2.45) is 0 Å². The highest BCUT2D eigenvalue weighted by Gasteiger charge is 2.21. The van der Waals surface area contributed by atoms with Gasteiger partial charge in [-0.2, -0.15) is 0 Å². The lowest BCUT2D eigenvalue weighted by molar-refractivity contribution is -0.394. The molecule has 0 spiro atoms. The van der Waals surface area contributed by atoms with Crippen molar-refractivity contribution < 1.29 is 27.8 Å². The zero-order valence-corrected chi connectivity index (χ0v) is 11.5. The van der Waals surface area contributed by atoms with Crippen molar-refractivity contribution in [1.29, 1.82) is 0 Å². The Balaban J connectivity index is 2.43. The second-order valence-electron chi connectivity index (χ2n) is 4.45. The third kappa shape index (κ3) is 3.45. The van der Waals surface area contributed by atoms with Crippen molar-refractivity contribution in [3.05, 3.63) is 73.6 Å². The molecule has 11 heteroatoms. The third-order valence-electron chi connectivity index (χ3n) is 2.83. The van der Waals surface area contributed by atoms with Crippen molar-refractivity contribution in [1.82, 2.24) is 0 Å². The SMILES string of the molecule is O=C(Nc1c(F)cc(F)cc1F)c1cc([N+](=O)[O-])cc([N+](=O)[O-])c1. The van der Waals surface area contributed by atoms with E-state index in [-0.39, 0.29) is 0 Å². The minimum atomic E-state index is -1.42. The number of anilines is 1. The smallest absolute Gasteiger partial charge is 0.277 e. The van der Waals surface area contributed by atoms with Gasteiger partial charge in [0.15, 0.2) is 11.6 Å². The number of nitrogens with zero attached hydrogens (tertiary/aromatic N) is 2. The average molecular weight is 341 g/mol. The summed E-state index contributed by atoms with van der Waals surface area (Å²) in [6, 6.07) is 2.64. The second kappa shape index (κ2) is 6.32. The summed E-state index contributed by atoms with van der Waals surface area (Å²) in [5.41, 5.74) is -3.07. The summed E-state index contributed by atoms with van der Waals surface area (Å²) in [5, 5.41) is 23.2. The van der Waals surface area contributed by atoms with Crippen molar-refractivity contribution >= 4 is 23.0 Å². The van der Waals surface area contributed by atoms with E-state index in [1.807, 2.05) is 0 Å². The van der Waals surface area contributed by atoms with Gasteiger partial charge in [0.1, 0.15) is 11.5 Å². The van der Waals surface area contributed by atoms with E-state index < -0.39 is 55.8 Å². The summed E-state index contributed by atoms with van der Waals surface area (Å²) in [6.07, 6.45) is 0. The molecule has 2 aromatic rings. The van der Waals surface area contributed by atoms with Crippen LogP contribution >= 0.6 is 0 Å². The molecular formula is C13H6F3N3O5. The van der Waals surface area contributed by atoms with Gasteiger partial charge in [-0.15, -0.1) is 0 Å². The monoisotopic (exact) mass is 341 g/mol. The maximum Gasteiger partial charge on any atom is 0.277 e. The number of non-ortho nitro benzene ring substituents is 2. The number of hydrogen-bond acceptors (Lipinski definition) is 5. The molecule has 2 aromatic carbocycles. The summed E-state index contributed by atoms with van der Waals surface area (Å²) >= 11 is 0. The van der Waals surface area contributed by atoms with E-state index in [2.05, 4.69) is 0 Å². The molecule has 0 saturated carbocycles. The Labute approximate surface area is 130 Å². The van der Waals surface area contributed by atoms with Crippen LogP contribution < -0.4 is 5.32 Å². The van der Waals surface area contributed by atoms with Crippen molar-refractivity contribution in [2.75, 3.05) is 5.32 Å². The number of amides is 1. The average Bonchev–Trinajstić information content (AvgIpc) is 2.49. The molecule has 24 heavy (non-hydrogen) atoms. The van der Waals surface area contributed by atoms with E-state index in [0.29, 0.717) is 30.3 Å². The highest BCUT2D eigenvalue weighted by molar-refractivity contribution is 6.05. The number of nitro groups is 2. The number of rotatable bonds is 4. The van der Waals surface area contributed by atoms with Gasteiger partial charge in [-0.05, 0) is 0 Å². The van der Waals surface area contributed by atoms with E-state index >= 15 is 0 Å². The molecule has 0 aliphatic heterocycles. The van der Waals surface area contributed by atoms with E-state index in [4.69, 9.17) is 0 Å². The number of halogens is 3. The van der Waals surface area contributed by atoms with E-state index in [9.17, 15) is 38.2 Å². The normalized spacial score (nSPS) is 10.3. The van der Waals surface area contributed by atoms with E-state index in [1.54, 1.807) is 5.32 Å². The second-order valence-corrected chi connectivity index (χ2v) is 4.45. The fourth-order valence-corrected chi connectivity index (χ4v) is 1.78. The number of nitrogens with one attached hydrogen (secondary N) is 1. The minimum Gasteiger partial charge on any atom is -0.317 e. The molecule has 0 radical (unpaired) electrons. The van der Waals surface area contributed by atoms with Crippen molar-refractivity contribution in [3.8, 4) is 0 Å². The van der Waals surface area contributed by atoms with Gasteiger partial charge >= 0.3 is 0 Å². The van der Waals surface area contributed by atoms with E-state index in [1.165, 1.54) is 0 Å². The van der Waals surface area contributed by atoms with Gasteiger partial charge in [-0.1, -0.05) is 0 Å². The van der Waals surface area contributed by atoms with Crippen LogP contribution in [0.5, 0.6) is 0 Å². The standard InChI is InChI=1S/C13H6F3N3O5/c14-7-3-10(15)12(11(16)4-7)17-13(20)6-1-8(18(21)22)5-9(2-6)19(23)24/h1-5H,(H,17,20). The van der Waals surface area contributed by atoms with Crippen LogP contribution in [0, 0.1) is 37.7 Å². The highest BCUT2D eigenvalue weighted by atomic mass is 19.1. The molecule has 0 fully saturated rings. The Morgan fingerprint density at radius 2 is 1.33 bits per heavy atom. The number of carbonyl (C=O) groups excluding carboxylic acids is 1. The molecular weight excluding hydrogens is 335 g/mol. The fraction of sp³-hybridized carbons (Fsp3) is 0.